The average molecular weight is 301 g/mol. The lowest BCUT2D eigenvalue weighted by Gasteiger charge is -2.39. The molecule has 3 heteroatoms. The molecule has 0 aliphatic rings. The third-order valence-corrected chi connectivity index (χ3v) is 3.87. The Kier molecular flexibility index (Phi) is 7.61. The summed E-state index contributed by atoms with van der Waals surface area (Å²) in [5.74, 6) is -0.238. The number of nitrogens with zero attached hydrogens (tertiary/aromatic N) is 1. The molecular formula is C19H27NO2. The summed E-state index contributed by atoms with van der Waals surface area (Å²) in [6.45, 7) is 11.9. The molecule has 120 valence electrons. The van der Waals surface area contributed by atoms with Crippen LogP contribution in [-0.4, -0.2) is 30.1 Å². The second-order valence-corrected chi connectivity index (χ2v) is 5.53. The molecule has 0 heterocycles. The first-order valence-corrected chi connectivity index (χ1v) is 7.68. The van der Waals surface area contributed by atoms with E-state index in [1.165, 1.54) is 7.11 Å². The van der Waals surface area contributed by atoms with Gasteiger partial charge < -0.3 is 4.74 Å². The minimum Gasteiger partial charge on any atom is -0.468 e. The van der Waals surface area contributed by atoms with Crippen LogP contribution in [-0.2, 0) is 9.53 Å². The van der Waals surface area contributed by atoms with Crippen LogP contribution in [0.4, 0.5) is 0 Å². The van der Waals surface area contributed by atoms with Gasteiger partial charge in [-0.25, -0.2) is 4.79 Å². The Labute approximate surface area is 134 Å². The molecule has 1 aromatic carbocycles. The highest BCUT2D eigenvalue weighted by Crippen LogP contribution is 2.29. The van der Waals surface area contributed by atoms with Gasteiger partial charge in [-0.2, -0.15) is 0 Å². The molecule has 3 nitrogen and oxygen atoms in total. The quantitative estimate of drug-likeness (QED) is 0.507. The van der Waals surface area contributed by atoms with Crippen LogP contribution in [0.5, 0.6) is 0 Å². The van der Waals surface area contributed by atoms with Crippen molar-refractivity contribution in [2.75, 3.05) is 7.11 Å². The first-order valence-electron chi connectivity index (χ1n) is 7.68. The van der Waals surface area contributed by atoms with Crippen molar-refractivity contribution in [3.8, 4) is 0 Å². The third kappa shape index (κ3) is 4.57. The van der Waals surface area contributed by atoms with Gasteiger partial charge in [0, 0.05) is 12.1 Å². The van der Waals surface area contributed by atoms with E-state index in [9.17, 15) is 4.79 Å². The number of hydrogen-bond acceptors (Lipinski definition) is 3. The lowest BCUT2D eigenvalue weighted by atomic mass is 9.99. The second kappa shape index (κ2) is 9.21. The van der Waals surface area contributed by atoms with Crippen molar-refractivity contribution in [1.82, 2.24) is 4.90 Å². The zero-order chi connectivity index (χ0) is 16.5. The monoisotopic (exact) mass is 301 g/mol. The molecule has 0 aromatic heterocycles. The zero-order valence-corrected chi connectivity index (χ0v) is 13.9. The molecule has 0 aliphatic heterocycles. The normalized spacial score (nSPS) is 14.9. The Hall–Kier alpha value is -1.87. The molecular weight excluding hydrogens is 274 g/mol. The van der Waals surface area contributed by atoms with Gasteiger partial charge in [-0.3, -0.25) is 4.90 Å². The number of ether oxygens (including phenoxy) is 1. The largest absolute Gasteiger partial charge is 0.468 e. The van der Waals surface area contributed by atoms with Gasteiger partial charge in [-0.15, -0.1) is 13.2 Å². The average Bonchev–Trinajstić information content (AvgIpc) is 2.52. The SMILES string of the molecule is C=CCC(C)N(C(C)CC=C)C(C(=O)OC)c1ccccc1. The summed E-state index contributed by atoms with van der Waals surface area (Å²) in [5, 5.41) is 0. The number of esters is 1. The van der Waals surface area contributed by atoms with Crippen molar-refractivity contribution in [2.45, 2.75) is 44.8 Å². The summed E-state index contributed by atoms with van der Waals surface area (Å²) in [6, 6.07) is 9.71. The van der Waals surface area contributed by atoms with Crippen molar-refractivity contribution >= 4 is 5.97 Å². The third-order valence-electron chi connectivity index (χ3n) is 3.87. The maximum absolute atomic E-state index is 12.5. The van der Waals surface area contributed by atoms with Crippen molar-refractivity contribution in [3.63, 3.8) is 0 Å². The predicted molar refractivity (Wildman–Crippen MR) is 91.6 cm³/mol. The van der Waals surface area contributed by atoms with Gasteiger partial charge in [0.15, 0.2) is 0 Å². The zero-order valence-electron chi connectivity index (χ0n) is 13.9. The van der Waals surface area contributed by atoms with Gasteiger partial charge in [0.05, 0.1) is 7.11 Å². The number of methoxy groups -OCH3 is 1. The van der Waals surface area contributed by atoms with E-state index in [1.807, 2.05) is 42.5 Å². The number of hydrogen-bond donors (Lipinski definition) is 0. The van der Waals surface area contributed by atoms with E-state index < -0.39 is 6.04 Å². The minimum absolute atomic E-state index is 0.178. The molecule has 0 fully saturated rings. The maximum atomic E-state index is 12.5. The summed E-state index contributed by atoms with van der Waals surface area (Å²) >= 11 is 0. The molecule has 0 aliphatic carbocycles. The van der Waals surface area contributed by atoms with E-state index >= 15 is 0 Å². The van der Waals surface area contributed by atoms with Gasteiger partial charge in [-0.1, -0.05) is 42.5 Å². The molecule has 3 unspecified atom stereocenters. The summed E-state index contributed by atoms with van der Waals surface area (Å²) in [7, 11) is 1.44. The van der Waals surface area contributed by atoms with Crippen LogP contribution in [0.1, 0.15) is 38.3 Å². The van der Waals surface area contributed by atoms with E-state index in [4.69, 9.17) is 4.74 Å². The standard InChI is InChI=1S/C19H27NO2/c1-6-11-15(3)20(16(4)12-7-2)18(19(21)22-5)17-13-9-8-10-14-17/h6-10,13-16,18H,1-2,11-12H2,3-5H3. The van der Waals surface area contributed by atoms with Crippen molar-refractivity contribution in [1.29, 1.82) is 0 Å². The molecule has 0 bridgehead atoms. The first-order chi connectivity index (χ1) is 10.6. The fourth-order valence-electron chi connectivity index (χ4n) is 2.85. The minimum atomic E-state index is -0.420. The molecule has 0 saturated carbocycles. The Morgan fingerprint density at radius 3 is 2.05 bits per heavy atom. The van der Waals surface area contributed by atoms with E-state index in [0.29, 0.717) is 0 Å². The van der Waals surface area contributed by atoms with Crippen LogP contribution in [0.3, 0.4) is 0 Å². The van der Waals surface area contributed by atoms with Gasteiger partial charge >= 0.3 is 5.97 Å². The molecule has 3 atom stereocenters. The van der Waals surface area contributed by atoms with E-state index in [-0.39, 0.29) is 18.1 Å². The summed E-state index contributed by atoms with van der Waals surface area (Å²) in [4.78, 5) is 14.7. The summed E-state index contributed by atoms with van der Waals surface area (Å²) in [6.07, 6.45) is 5.39. The molecule has 1 rings (SSSR count). The highest BCUT2D eigenvalue weighted by atomic mass is 16.5. The van der Waals surface area contributed by atoms with Crippen LogP contribution in [0, 0.1) is 0 Å². The topological polar surface area (TPSA) is 29.5 Å². The second-order valence-electron chi connectivity index (χ2n) is 5.53. The van der Waals surface area contributed by atoms with E-state index in [0.717, 1.165) is 18.4 Å². The van der Waals surface area contributed by atoms with Crippen molar-refractivity contribution in [3.05, 3.63) is 61.2 Å². The lowest BCUT2D eigenvalue weighted by molar-refractivity contribution is -0.149. The molecule has 0 spiro atoms. The Morgan fingerprint density at radius 2 is 1.64 bits per heavy atom. The molecule has 1 aromatic rings. The predicted octanol–water partition coefficient (Wildman–Crippen LogP) is 4.13. The fraction of sp³-hybridized carbons (Fsp3) is 0.421. The number of benzene rings is 1. The maximum Gasteiger partial charge on any atom is 0.327 e. The molecule has 0 saturated heterocycles. The lowest BCUT2D eigenvalue weighted by Crippen LogP contribution is -2.46. The van der Waals surface area contributed by atoms with Gasteiger partial charge in [-0.05, 0) is 32.3 Å². The van der Waals surface area contributed by atoms with Crippen LogP contribution in [0.25, 0.3) is 0 Å². The molecule has 22 heavy (non-hydrogen) atoms. The smallest absolute Gasteiger partial charge is 0.327 e. The van der Waals surface area contributed by atoms with Gasteiger partial charge in [0.1, 0.15) is 6.04 Å². The molecule has 0 amide bonds. The van der Waals surface area contributed by atoms with Crippen molar-refractivity contribution in [2.24, 2.45) is 0 Å². The summed E-state index contributed by atoms with van der Waals surface area (Å²) < 4.78 is 5.07. The number of carbonyl (C=O) groups excluding carboxylic acids is 1. The van der Waals surface area contributed by atoms with E-state index in [2.05, 4.69) is 31.9 Å². The summed E-state index contributed by atoms with van der Waals surface area (Å²) in [5.41, 5.74) is 0.946. The Balaban J connectivity index is 3.25. The van der Waals surface area contributed by atoms with Crippen LogP contribution < -0.4 is 0 Å². The van der Waals surface area contributed by atoms with Crippen molar-refractivity contribution < 1.29 is 9.53 Å². The number of carbonyl (C=O) groups is 1. The molecule has 0 N–H and O–H groups in total. The van der Waals surface area contributed by atoms with Gasteiger partial charge in [0.2, 0.25) is 0 Å². The number of rotatable bonds is 9. The highest BCUT2D eigenvalue weighted by molar-refractivity contribution is 5.77. The van der Waals surface area contributed by atoms with Crippen LogP contribution >= 0.6 is 0 Å². The fourth-order valence-corrected chi connectivity index (χ4v) is 2.85. The van der Waals surface area contributed by atoms with E-state index in [1.54, 1.807) is 0 Å². The Morgan fingerprint density at radius 1 is 1.14 bits per heavy atom. The van der Waals surface area contributed by atoms with Crippen LogP contribution in [0.2, 0.25) is 0 Å². The Bertz CT molecular complexity index is 467. The first kappa shape index (κ1) is 18.2. The van der Waals surface area contributed by atoms with Crippen LogP contribution in [0.15, 0.2) is 55.6 Å². The molecule has 0 radical (unpaired) electrons. The van der Waals surface area contributed by atoms with Gasteiger partial charge in [0.25, 0.3) is 0 Å². The highest BCUT2D eigenvalue weighted by Gasteiger charge is 2.34.